The molecule has 113 valence electrons. The Balaban J connectivity index is 0.00000176. The van der Waals surface area contributed by atoms with Gasteiger partial charge in [0.1, 0.15) is 11.5 Å². The molecule has 22 heavy (non-hydrogen) atoms. The van der Waals surface area contributed by atoms with Gasteiger partial charge < -0.3 is 9.05 Å². The van der Waals surface area contributed by atoms with Gasteiger partial charge in [0.15, 0.2) is 0 Å². The first-order valence-corrected chi connectivity index (χ1v) is 8.12. The molecule has 3 rings (SSSR count). The first kappa shape index (κ1) is 16.6. The predicted molar refractivity (Wildman–Crippen MR) is 83.3 cm³/mol. The van der Waals surface area contributed by atoms with Gasteiger partial charge in [-0.25, -0.2) is 4.57 Å². The molecule has 5 heteroatoms. The van der Waals surface area contributed by atoms with E-state index in [1.165, 1.54) is 0 Å². The number of hydrogen-bond donors (Lipinski definition) is 0. The Morgan fingerprint density at radius 3 is 1.64 bits per heavy atom. The molecule has 0 bridgehead atoms. The minimum atomic E-state index is -3.47. The second kappa shape index (κ2) is 7.51. The van der Waals surface area contributed by atoms with E-state index in [0.29, 0.717) is 16.8 Å². The van der Waals surface area contributed by atoms with Crippen molar-refractivity contribution in [3.8, 4) is 11.5 Å². The zero-order valence-electron chi connectivity index (χ0n) is 11.6. The maximum atomic E-state index is 13.2. The average Bonchev–Trinajstić information content (AvgIpc) is 3.04. The van der Waals surface area contributed by atoms with Crippen LogP contribution in [0.4, 0.5) is 0 Å². The molecule has 2 aromatic carbocycles. The maximum Gasteiger partial charge on any atom is 0.459 e. The van der Waals surface area contributed by atoms with Gasteiger partial charge in [-0.05, 0) is 30.3 Å². The van der Waals surface area contributed by atoms with E-state index >= 15 is 0 Å². The Labute approximate surface area is 140 Å². The molecule has 0 spiro atoms. The van der Waals surface area contributed by atoms with Gasteiger partial charge in [-0.1, -0.05) is 48.6 Å². The second-order valence-electron chi connectivity index (χ2n) is 4.45. The van der Waals surface area contributed by atoms with Crippen molar-refractivity contribution >= 4 is 7.60 Å². The van der Waals surface area contributed by atoms with Gasteiger partial charge in [0.2, 0.25) is 0 Å². The molecule has 0 aliphatic heterocycles. The van der Waals surface area contributed by atoms with Gasteiger partial charge in [-0.15, -0.1) is 0 Å². The van der Waals surface area contributed by atoms with E-state index in [9.17, 15) is 4.57 Å². The summed E-state index contributed by atoms with van der Waals surface area (Å²) in [5.74, 6) is 1.02. The van der Waals surface area contributed by atoms with Crippen molar-refractivity contribution in [1.29, 1.82) is 0 Å². The smallest absolute Gasteiger partial charge is 0.413 e. The zero-order valence-corrected chi connectivity index (χ0v) is 13.6. The fraction of sp³-hybridized carbons (Fsp3) is 0. The van der Waals surface area contributed by atoms with Crippen molar-refractivity contribution < 1.29 is 30.7 Å². The largest absolute Gasteiger partial charge is 0.459 e. The average molecular weight is 353 g/mol. The third-order valence-electron chi connectivity index (χ3n) is 2.90. The normalized spacial score (nSPS) is 13.2. The van der Waals surface area contributed by atoms with Crippen molar-refractivity contribution in [2.24, 2.45) is 0 Å². The van der Waals surface area contributed by atoms with E-state index in [2.05, 4.69) is 0 Å². The first-order valence-electron chi connectivity index (χ1n) is 6.58. The molecular weight excluding hydrogens is 339 g/mol. The summed E-state index contributed by atoms with van der Waals surface area (Å²) in [7, 11) is -3.47. The Hall–Kier alpha value is -1.73. The van der Waals surface area contributed by atoms with Crippen LogP contribution in [-0.2, 0) is 21.6 Å². The summed E-state index contributed by atoms with van der Waals surface area (Å²) in [6.07, 6.45) is 7.11. The second-order valence-corrected chi connectivity index (χ2v) is 6.33. The molecule has 0 saturated carbocycles. The van der Waals surface area contributed by atoms with Crippen LogP contribution in [0.3, 0.4) is 0 Å². The summed E-state index contributed by atoms with van der Waals surface area (Å²) in [4.78, 5) is 0. The van der Waals surface area contributed by atoms with Gasteiger partial charge in [-0.3, -0.25) is 0 Å². The summed E-state index contributed by atoms with van der Waals surface area (Å²) < 4.78 is 24.5. The summed E-state index contributed by atoms with van der Waals surface area (Å²) in [5.41, 5.74) is 0. The van der Waals surface area contributed by atoms with E-state index in [1.54, 1.807) is 36.8 Å². The summed E-state index contributed by atoms with van der Waals surface area (Å²) in [6, 6.07) is 18.1. The molecule has 0 amide bonds. The molecule has 0 N–H and O–H groups in total. The van der Waals surface area contributed by atoms with Crippen LogP contribution >= 0.6 is 7.60 Å². The van der Waals surface area contributed by atoms with E-state index < -0.39 is 7.60 Å². The van der Waals surface area contributed by atoms with Crippen LogP contribution in [0.2, 0.25) is 0 Å². The van der Waals surface area contributed by atoms with Gasteiger partial charge in [0, 0.05) is 23.5 Å². The van der Waals surface area contributed by atoms with Crippen LogP contribution in [0.15, 0.2) is 84.2 Å². The van der Waals surface area contributed by atoms with Crippen molar-refractivity contribution in [1.82, 2.24) is 0 Å². The molecule has 1 aliphatic carbocycles. The zero-order chi connectivity index (χ0) is 14.5. The van der Waals surface area contributed by atoms with Crippen molar-refractivity contribution in [2.45, 2.75) is 0 Å². The minimum absolute atomic E-state index is 0. The number of rotatable bonds is 5. The monoisotopic (exact) mass is 353 g/mol. The Kier molecular flexibility index (Phi) is 5.68. The quantitative estimate of drug-likeness (QED) is 0.561. The van der Waals surface area contributed by atoms with Crippen LogP contribution in [0, 0.1) is 6.42 Å². The molecule has 2 aromatic rings. The first-order chi connectivity index (χ1) is 10.3. The molecule has 0 atom stereocenters. The maximum absolute atomic E-state index is 13.2. The van der Waals surface area contributed by atoms with E-state index in [0.717, 1.165) is 0 Å². The van der Waals surface area contributed by atoms with Crippen molar-refractivity contribution in [3.05, 3.63) is 90.6 Å². The number of allylic oxidation sites excluding steroid dienone is 4. The van der Waals surface area contributed by atoms with Crippen LogP contribution in [0.5, 0.6) is 11.5 Å². The molecule has 0 heterocycles. The predicted octanol–water partition coefficient (Wildman–Crippen LogP) is 4.99. The minimum Gasteiger partial charge on any atom is -0.413 e. The van der Waals surface area contributed by atoms with Gasteiger partial charge in [-0.2, -0.15) is 0 Å². The van der Waals surface area contributed by atoms with E-state index in [-0.39, 0.29) is 17.1 Å². The molecule has 1 aliphatic rings. The fourth-order valence-electron chi connectivity index (χ4n) is 1.91. The molecule has 0 saturated heterocycles. The van der Waals surface area contributed by atoms with Crippen LogP contribution in [-0.4, -0.2) is 0 Å². The standard InChI is InChI=1S/C17H14O3P.Fe/c18-21(17-13-7-8-14-17,19-15-9-3-1-4-10-15)20-16-11-5-2-6-12-16;/h1-14H;. The van der Waals surface area contributed by atoms with Crippen molar-refractivity contribution in [2.75, 3.05) is 0 Å². The molecular formula is C17H14FeO3P. The summed E-state index contributed by atoms with van der Waals surface area (Å²) in [6.45, 7) is 0. The van der Waals surface area contributed by atoms with Crippen molar-refractivity contribution in [3.63, 3.8) is 0 Å². The molecule has 1 radical (unpaired) electrons. The van der Waals surface area contributed by atoms with Crippen LogP contribution in [0.25, 0.3) is 0 Å². The SMILES string of the molecule is O=P(Oc1ccccc1)(Oc1ccccc1)C1=CC=C[CH]1.[Fe]. The summed E-state index contributed by atoms with van der Waals surface area (Å²) in [5, 5.41) is 0.537. The Morgan fingerprint density at radius 1 is 0.727 bits per heavy atom. The number of benzene rings is 2. The van der Waals surface area contributed by atoms with Crippen LogP contribution in [0.1, 0.15) is 0 Å². The molecule has 0 fully saturated rings. The Morgan fingerprint density at radius 2 is 1.23 bits per heavy atom. The van der Waals surface area contributed by atoms with Gasteiger partial charge >= 0.3 is 7.60 Å². The summed E-state index contributed by atoms with van der Waals surface area (Å²) >= 11 is 0. The molecule has 0 unspecified atom stereocenters. The number of para-hydroxylation sites is 2. The van der Waals surface area contributed by atoms with Gasteiger partial charge in [0.05, 0.1) is 5.31 Å². The molecule has 0 aromatic heterocycles. The topological polar surface area (TPSA) is 35.5 Å². The third kappa shape index (κ3) is 3.92. The van der Waals surface area contributed by atoms with E-state index in [4.69, 9.17) is 9.05 Å². The molecule has 3 nitrogen and oxygen atoms in total. The third-order valence-corrected chi connectivity index (χ3v) is 4.73. The Bertz CT molecular complexity index is 666. The number of hydrogen-bond acceptors (Lipinski definition) is 3. The van der Waals surface area contributed by atoms with Gasteiger partial charge in [0.25, 0.3) is 0 Å². The fourth-order valence-corrected chi connectivity index (χ4v) is 3.49. The van der Waals surface area contributed by atoms with Crippen LogP contribution < -0.4 is 9.05 Å². The van der Waals surface area contributed by atoms with E-state index in [1.807, 2.05) is 48.6 Å².